The number of rotatable bonds is 5. The van der Waals surface area contributed by atoms with Crippen LogP contribution in [0.2, 0.25) is 0 Å². The van der Waals surface area contributed by atoms with Crippen LogP contribution in [0.4, 0.5) is 11.4 Å². The van der Waals surface area contributed by atoms with E-state index in [9.17, 15) is 13.2 Å². The molecule has 8 heteroatoms. The fourth-order valence-electron chi connectivity index (χ4n) is 4.19. The molecule has 0 unspecified atom stereocenters. The molecule has 5 rings (SSSR count). The third kappa shape index (κ3) is 5.29. The van der Waals surface area contributed by atoms with Crippen LogP contribution in [0.1, 0.15) is 12.8 Å². The maximum Gasteiger partial charge on any atom is 0.229 e. The van der Waals surface area contributed by atoms with Crippen LogP contribution in [0.25, 0.3) is 11.1 Å². The van der Waals surface area contributed by atoms with E-state index in [2.05, 4.69) is 14.9 Å². The van der Waals surface area contributed by atoms with Crippen LogP contribution in [-0.2, 0) is 14.8 Å². The lowest BCUT2D eigenvalue weighted by Crippen LogP contribution is -2.51. The lowest BCUT2D eigenvalue weighted by atomic mass is 9.78. The molecule has 0 saturated carbocycles. The Hall–Kier alpha value is -2.09. The molecular weight excluding hydrogens is 410 g/mol. The topological polar surface area (TPSA) is 78.5 Å². The summed E-state index contributed by atoms with van der Waals surface area (Å²) < 4.78 is 25.0. The van der Waals surface area contributed by atoms with Gasteiger partial charge in [-0.25, -0.2) is 8.42 Å². The summed E-state index contributed by atoms with van der Waals surface area (Å²) in [5.74, 6) is 0.735. The number of hydrogen-bond acceptors (Lipinski definition) is 4. The van der Waals surface area contributed by atoms with Crippen molar-refractivity contribution in [2.45, 2.75) is 12.8 Å². The maximum absolute atomic E-state index is 12.7. The van der Waals surface area contributed by atoms with Gasteiger partial charge in [0.15, 0.2) is 0 Å². The monoisotopic (exact) mass is 435 g/mol. The molecule has 3 aliphatic rings. The highest BCUT2D eigenvalue weighted by atomic mass is 35.5. The Morgan fingerprint density at radius 2 is 1.45 bits per heavy atom. The summed E-state index contributed by atoms with van der Waals surface area (Å²) in [5.41, 5.74) is 3.33. The number of piperidine rings is 3. The van der Waals surface area contributed by atoms with Crippen LogP contribution in [0.3, 0.4) is 0 Å². The third-order valence-corrected chi connectivity index (χ3v) is 6.27. The van der Waals surface area contributed by atoms with Crippen molar-refractivity contribution in [1.29, 1.82) is 0 Å². The molecule has 29 heavy (non-hydrogen) atoms. The summed E-state index contributed by atoms with van der Waals surface area (Å²) in [5, 5.41) is 3.07. The van der Waals surface area contributed by atoms with Crippen molar-refractivity contribution in [1.82, 2.24) is 4.90 Å². The number of hydrogen-bond donors (Lipinski definition) is 2. The normalized spacial score (nSPS) is 23.1. The first-order chi connectivity index (χ1) is 13.4. The van der Waals surface area contributed by atoms with E-state index in [4.69, 9.17) is 0 Å². The second-order valence-corrected chi connectivity index (χ2v) is 9.51. The highest BCUT2D eigenvalue weighted by Gasteiger charge is 2.38. The number of benzene rings is 2. The standard InChI is InChI=1S/C21H25N3O3S.ClH/c1-28(26,27)23-19-8-4-16(5-9-19)15-2-6-18(7-3-15)22-21(25)20-14-24-12-10-17(20)11-13-24;/h2-9,17,20,23H,10-14H2,1H3,(H,22,25);1H/t20-;/m0./s1. The minimum absolute atomic E-state index is 0. The van der Waals surface area contributed by atoms with E-state index in [-0.39, 0.29) is 24.2 Å². The highest BCUT2D eigenvalue weighted by Crippen LogP contribution is 2.33. The maximum atomic E-state index is 12.7. The number of halogens is 1. The molecule has 0 spiro atoms. The largest absolute Gasteiger partial charge is 0.326 e. The number of fused-ring (bicyclic) bond motifs is 3. The van der Waals surface area contributed by atoms with E-state index in [1.807, 2.05) is 36.4 Å². The fourth-order valence-corrected chi connectivity index (χ4v) is 4.75. The Morgan fingerprint density at radius 3 is 1.90 bits per heavy atom. The summed E-state index contributed by atoms with van der Waals surface area (Å²) in [4.78, 5) is 15.1. The van der Waals surface area contributed by atoms with Crippen molar-refractivity contribution in [2.75, 3.05) is 35.9 Å². The van der Waals surface area contributed by atoms with Crippen LogP contribution < -0.4 is 10.0 Å². The van der Waals surface area contributed by atoms with Gasteiger partial charge in [0.1, 0.15) is 0 Å². The Morgan fingerprint density at radius 1 is 0.931 bits per heavy atom. The van der Waals surface area contributed by atoms with Gasteiger partial charge in [0.25, 0.3) is 0 Å². The number of nitrogens with zero attached hydrogens (tertiary/aromatic N) is 1. The second-order valence-electron chi connectivity index (χ2n) is 7.76. The molecule has 6 nitrogen and oxygen atoms in total. The summed E-state index contributed by atoms with van der Waals surface area (Å²) in [6.45, 7) is 3.13. The molecule has 3 aliphatic heterocycles. The first-order valence-electron chi connectivity index (χ1n) is 9.59. The lowest BCUT2D eigenvalue weighted by molar-refractivity contribution is -0.125. The predicted octanol–water partition coefficient (Wildman–Crippen LogP) is 3.43. The molecule has 0 aromatic heterocycles. The van der Waals surface area contributed by atoms with E-state index in [0.29, 0.717) is 11.6 Å². The zero-order valence-electron chi connectivity index (χ0n) is 16.3. The van der Waals surface area contributed by atoms with E-state index in [0.717, 1.165) is 55.5 Å². The van der Waals surface area contributed by atoms with Gasteiger partial charge in [0.05, 0.1) is 12.2 Å². The van der Waals surface area contributed by atoms with Gasteiger partial charge in [-0.2, -0.15) is 0 Å². The summed E-state index contributed by atoms with van der Waals surface area (Å²) in [7, 11) is -3.28. The van der Waals surface area contributed by atoms with Crippen molar-refractivity contribution >= 4 is 39.7 Å². The summed E-state index contributed by atoms with van der Waals surface area (Å²) in [6.07, 6.45) is 3.38. The van der Waals surface area contributed by atoms with Crippen LogP contribution in [0.15, 0.2) is 48.5 Å². The zero-order chi connectivity index (χ0) is 19.7. The van der Waals surface area contributed by atoms with E-state index in [1.54, 1.807) is 12.1 Å². The first-order valence-corrected chi connectivity index (χ1v) is 11.5. The van der Waals surface area contributed by atoms with Gasteiger partial charge in [0, 0.05) is 17.9 Å². The van der Waals surface area contributed by atoms with Crippen molar-refractivity contribution in [3.8, 4) is 11.1 Å². The molecule has 1 atom stereocenters. The summed E-state index contributed by atoms with van der Waals surface area (Å²) in [6, 6.07) is 15.0. The van der Waals surface area contributed by atoms with Crippen LogP contribution in [-0.4, -0.2) is 45.1 Å². The molecule has 3 saturated heterocycles. The van der Waals surface area contributed by atoms with Crippen molar-refractivity contribution < 1.29 is 13.2 Å². The Kier molecular flexibility index (Phi) is 6.51. The zero-order valence-corrected chi connectivity index (χ0v) is 17.9. The molecule has 2 bridgehead atoms. The molecule has 3 fully saturated rings. The molecule has 0 radical (unpaired) electrons. The van der Waals surface area contributed by atoms with Gasteiger partial charge in [0.2, 0.25) is 15.9 Å². The highest BCUT2D eigenvalue weighted by molar-refractivity contribution is 7.92. The van der Waals surface area contributed by atoms with Crippen molar-refractivity contribution in [3.05, 3.63) is 48.5 Å². The van der Waals surface area contributed by atoms with E-state index in [1.165, 1.54) is 0 Å². The van der Waals surface area contributed by atoms with Gasteiger partial charge in [-0.05, 0) is 67.2 Å². The van der Waals surface area contributed by atoms with Gasteiger partial charge >= 0.3 is 0 Å². The molecule has 2 aromatic carbocycles. The Bertz CT molecular complexity index is 954. The Balaban J connectivity index is 0.00000240. The minimum atomic E-state index is -3.28. The summed E-state index contributed by atoms with van der Waals surface area (Å²) >= 11 is 0. The van der Waals surface area contributed by atoms with E-state index < -0.39 is 10.0 Å². The van der Waals surface area contributed by atoms with Crippen LogP contribution in [0, 0.1) is 11.8 Å². The lowest BCUT2D eigenvalue weighted by Gasteiger charge is -2.43. The van der Waals surface area contributed by atoms with Crippen molar-refractivity contribution in [3.63, 3.8) is 0 Å². The molecule has 156 valence electrons. The Labute approximate surface area is 178 Å². The minimum Gasteiger partial charge on any atom is -0.326 e. The SMILES string of the molecule is CS(=O)(=O)Nc1ccc(-c2ccc(NC(=O)[C@H]3CN4CCC3CC4)cc2)cc1.Cl. The van der Waals surface area contributed by atoms with Gasteiger partial charge < -0.3 is 10.2 Å². The second kappa shape index (κ2) is 8.73. The number of carbonyl (C=O) groups excluding carboxylic acids is 1. The first kappa shape index (κ1) is 21.6. The van der Waals surface area contributed by atoms with E-state index >= 15 is 0 Å². The quantitative estimate of drug-likeness (QED) is 0.754. The number of anilines is 2. The predicted molar refractivity (Wildman–Crippen MR) is 119 cm³/mol. The molecule has 2 aromatic rings. The van der Waals surface area contributed by atoms with Gasteiger partial charge in [-0.3, -0.25) is 9.52 Å². The molecule has 0 aliphatic carbocycles. The average Bonchev–Trinajstić information content (AvgIpc) is 2.69. The van der Waals surface area contributed by atoms with Crippen molar-refractivity contribution in [2.24, 2.45) is 11.8 Å². The number of nitrogens with one attached hydrogen (secondary N) is 2. The van der Waals surface area contributed by atoms with Gasteiger partial charge in [-0.1, -0.05) is 24.3 Å². The molecule has 2 N–H and O–H groups in total. The molecule has 1 amide bonds. The number of sulfonamides is 1. The van der Waals surface area contributed by atoms with Gasteiger partial charge in [-0.15, -0.1) is 12.4 Å². The average molecular weight is 436 g/mol. The fraction of sp³-hybridized carbons (Fsp3) is 0.381. The smallest absolute Gasteiger partial charge is 0.229 e. The number of carbonyl (C=O) groups is 1. The third-order valence-electron chi connectivity index (χ3n) is 5.67. The van der Waals surface area contributed by atoms with Crippen LogP contribution >= 0.6 is 12.4 Å². The molecular formula is C21H26ClN3O3S. The molecule has 3 heterocycles. The van der Waals surface area contributed by atoms with Crippen LogP contribution in [0.5, 0.6) is 0 Å². The number of amides is 1.